The highest BCUT2D eigenvalue weighted by Crippen LogP contribution is 2.21. The molecule has 118 valence electrons. The number of rotatable bonds is 8. The van der Waals surface area contributed by atoms with Crippen molar-refractivity contribution in [2.24, 2.45) is 0 Å². The summed E-state index contributed by atoms with van der Waals surface area (Å²) < 4.78 is 12.6. The molecule has 1 aliphatic rings. The SMILES string of the molecule is CCCNC1CCC(OCCOc2cccc(Br)c2)CC1. The van der Waals surface area contributed by atoms with Crippen LogP contribution in [0.4, 0.5) is 0 Å². The standard InChI is InChI=1S/C17H26BrNO2/c1-2-10-19-15-6-8-16(9-7-15)20-11-12-21-17-5-3-4-14(18)13-17/h3-5,13,15-16,19H,2,6-12H2,1H3. The van der Waals surface area contributed by atoms with Crippen LogP contribution < -0.4 is 10.1 Å². The molecule has 0 saturated heterocycles. The average molecular weight is 356 g/mol. The molecule has 3 nitrogen and oxygen atoms in total. The van der Waals surface area contributed by atoms with Crippen LogP contribution in [0.1, 0.15) is 39.0 Å². The second-order valence-electron chi connectivity index (χ2n) is 5.60. The monoisotopic (exact) mass is 355 g/mol. The highest BCUT2D eigenvalue weighted by Gasteiger charge is 2.20. The van der Waals surface area contributed by atoms with Gasteiger partial charge in [0.2, 0.25) is 0 Å². The van der Waals surface area contributed by atoms with E-state index in [9.17, 15) is 0 Å². The summed E-state index contributed by atoms with van der Waals surface area (Å²) in [6.07, 6.45) is 6.42. The van der Waals surface area contributed by atoms with Crippen LogP contribution in [-0.4, -0.2) is 31.9 Å². The van der Waals surface area contributed by atoms with Gasteiger partial charge in [-0.1, -0.05) is 28.9 Å². The van der Waals surface area contributed by atoms with Crippen LogP contribution in [0.25, 0.3) is 0 Å². The molecule has 0 aromatic heterocycles. The topological polar surface area (TPSA) is 30.5 Å². The number of ether oxygens (including phenoxy) is 2. The lowest BCUT2D eigenvalue weighted by atomic mass is 9.93. The molecule has 0 aliphatic heterocycles. The molecule has 0 bridgehead atoms. The van der Waals surface area contributed by atoms with E-state index in [1.165, 1.54) is 19.3 Å². The lowest BCUT2D eigenvalue weighted by molar-refractivity contribution is 0.00803. The van der Waals surface area contributed by atoms with Crippen molar-refractivity contribution in [1.29, 1.82) is 0 Å². The molecule has 0 atom stereocenters. The molecule has 1 fully saturated rings. The molecule has 0 spiro atoms. The fourth-order valence-corrected chi connectivity index (χ4v) is 3.09. The number of hydrogen-bond acceptors (Lipinski definition) is 3. The maximum atomic E-state index is 5.92. The molecule has 0 radical (unpaired) electrons. The molecule has 1 saturated carbocycles. The number of benzene rings is 1. The summed E-state index contributed by atoms with van der Waals surface area (Å²) in [5.74, 6) is 0.889. The quantitative estimate of drug-likeness (QED) is 0.710. The molecule has 1 N–H and O–H groups in total. The van der Waals surface area contributed by atoms with Crippen LogP contribution in [0.3, 0.4) is 0 Å². The minimum absolute atomic E-state index is 0.413. The number of nitrogens with one attached hydrogen (secondary N) is 1. The lowest BCUT2D eigenvalue weighted by Gasteiger charge is -2.29. The zero-order valence-electron chi connectivity index (χ0n) is 12.8. The van der Waals surface area contributed by atoms with Crippen molar-refractivity contribution in [3.05, 3.63) is 28.7 Å². The molecule has 4 heteroatoms. The number of halogens is 1. The molecule has 1 aromatic carbocycles. The fourth-order valence-electron chi connectivity index (χ4n) is 2.71. The van der Waals surface area contributed by atoms with Crippen LogP contribution in [0.2, 0.25) is 0 Å². The van der Waals surface area contributed by atoms with Crippen molar-refractivity contribution in [2.75, 3.05) is 19.8 Å². The summed E-state index contributed by atoms with van der Waals surface area (Å²) in [5, 5.41) is 3.60. The third-order valence-electron chi connectivity index (χ3n) is 3.86. The van der Waals surface area contributed by atoms with E-state index in [1.54, 1.807) is 0 Å². The van der Waals surface area contributed by atoms with E-state index in [1.807, 2.05) is 24.3 Å². The first-order valence-corrected chi connectivity index (χ1v) is 8.80. The van der Waals surface area contributed by atoms with Crippen molar-refractivity contribution < 1.29 is 9.47 Å². The largest absolute Gasteiger partial charge is 0.491 e. The zero-order chi connectivity index (χ0) is 14.9. The van der Waals surface area contributed by atoms with E-state index in [4.69, 9.17) is 9.47 Å². The third kappa shape index (κ3) is 6.37. The zero-order valence-corrected chi connectivity index (χ0v) is 14.4. The highest BCUT2D eigenvalue weighted by atomic mass is 79.9. The lowest BCUT2D eigenvalue weighted by Crippen LogP contribution is -2.36. The van der Waals surface area contributed by atoms with Gasteiger partial charge in [0.1, 0.15) is 12.4 Å². The van der Waals surface area contributed by atoms with E-state index >= 15 is 0 Å². The summed E-state index contributed by atoms with van der Waals surface area (Å²) in [7, 11) is 0. The van der Waals surface area contributed by atoms with E-state index in [-0.39, 0.29) is 0 Å². The van der Waals surface area contributed by atoms with Crippen molar-refractivity contribution in [2.45, 2.75) is 51.2 Å². The molecular formula is C17H26BrNO2. The smallest absolute Gasteiger partial charge is 0.120 e. The Morgan fingerprint density at radius 3 is 2.71 bits per heavy atom. The maximum Gasteiger partial charge on any atom is 0.120 e. The Labute approximate surface area is 136 Å². The van der Waals surface area contributed by atoms with Crippen molar-refractivity contribution >= 4 is 15.9 Å². The van der Waals surface area contributed by atoms with Gasteiger partial charge in [0.25, 0.3) is 0 Å². The Balaban J connectivity index is 1.56. The first-order chi connectivity index (χ1) is 10.3. The Kier molecular flexibility index (Phi) is 7.54. The summed E-state index contributed by atoms with van der Waals surface area (Å²) in [4.78, 5) is 0. The van der Waals surface area contributed by atoms with Crippen LogP contribution in [0.5, 0.6) is 5.75 Å². The maximum absolute atomic E-state index is 5.92. The van der Waals surface area contributed by atoms with Crippen LogP contribution in [0.15, 0.2) is 28.7 Å². The van der Waals surface area contributed by atoms with Gasteiger partial charge in [-0.15, -0.1) is 0 Å². The van der Waals surface area contributed by atoms with Crippen LogP contribution in [-0.2, 0) is 4.74 Å². The summed E-state index contributed by atoms with van der Waals surface area (Å²) in [5.41, 5.74) is 0. The molecule has 0 unspecified atom stereocenters. The second-order valence-corrected chi connectivity index (χ2v) is 6.52. The molecule has 2 rings (SSSR count). The van der Waals surface area contributed by atoms with Crippen LogP contribution >= 0.6 is 15.9 Å². The first kappa shape index (κ1) is 16.8. The fraction of sp³-hybridized carbons (Fsp3) is 0.647. The normalized spacial score (nSPS) is 22.2. The van der Waals surface area contributed by atoms with Crippen LogP contribution in [0, 0.1) is 0 Å². The van der Waals surface area contributed by atoms with E-state index in [0.29, 0.717) is 25.4 Å². The van der Waals surface area contributed by atoms with Gasteiger partial charge in [-0.25, -0.2) is 0 Å². The van der Waals surface area contributed by atoms with Crippen molar-refractivity contribution in [3.63, 3.8) is 0 Å². The summed E-state index contributed by atoms with van der Waals surface area (Å²) >= 11 is 3.44. The second kappa shape index (κ2) is 9.44. The molecular weight excluding hydrogens is 330 g/mol. The van der Waals surface area contributed by atoms with Gasteiger partial charge in [0, 0.05) is 10.5 Å². The highest BCUT2D eigenvalue weighted by molar-refractivity contribution is 9.10. The Bertz CT molecular complexity index is 406. The van der Waals surface area contributed by atoms with Crippen molar-refractivity contribution in [1.82, 2.24) is 5.32 Å². The van der Waals surface area contributed by atoms with E-state index < -0.39 is 0 Å². The predicted molar refractivity (Wildman–Crippen MR) is 89.9 cm³/mol. The van der Waals surface area contributed by atoms with Crippen molar-refractivity contribution in [3.8, 4) is 5.75 Å². The van der Waals surface area contributed by atoms with Gasteiger partial charge < -0.3 is 14.8 Å². The molecule has 21 heavy (non-hydrogen) atoms. The summed E-state index contributed by atoms with van der Waals surface area (Å²) in [6.45, 7) is 4.64. The van der Waals surface area contributed by atoms with Gasteiger partial charge in [-0.05, 0) is 56.8 Å². The van der Waals surface area contributed by atoms with Gasteiger partial charge >= 0.3 is 0 Å². The van der Waals surface area contributed by atoms with E-state index in [2.05, 4.69) is 28.2 Å². The van der Waals surface area contributed by atoms with Gasteiger partial charge in [-0.2, -0.15) is 0 Å². The average Bonchev–Trinajstić information content (AvgIpc) is 2.51. The van der Waals surface area contributed by atoms with E-state index in [0.717, 1.165) is 29.6 Å². The van der Waals surface area contributed by atoms with Gasteiger partial charge in [0.05, 0.1) is 12.7 Å². The Morgan fingerprint density at radius 2 is 2.00 bits per heavy atom. The molecule has 0 amide bonds. The minimum atomic E-state index is 0.413. The first-order valence-electron chi connectivity index (χ1n) is 8.01. The third-order valence-corrected chi connectivity index (χ3v) is 4.35. The van der Waals surface area contributed by atoms with Gasteiger partial charge in [0.15, 0.2) is 0 Å². The molecule has 0 heterocycles. The minimum Gasteiger partial charge on any atom is -0.491 e. The molecule has 1 aromatic rings. The Hall–Kier alpha value is -0.580. The number of hydrogen-bond donors (Lipinski definition) is 1. The Morgan fingerprint density at radius 1 is 1.19 bits per heavy atom. The predicted octanol–water partition coefficient (Wildman–Crippen LogP) is 4.16. The molecule has 1 aliphatic carbocycles. The van der Waals surface area contributed by atoms with Gasteiger partial charge in [-0.3, -0.25) is 0 Å². The summed E-state index contributed by atoms with van der Waals surface area (Å²) in [6, 6.07) is 8.61.